The predicted molar refractivity (Wildman–Crippen MR) is 102 cm³/mol. The quantitative estimate of drug-likeness (QED) is 0.754. The molecule has 0 amide bonds. The number of hydrogen-bond acceptors (Lipinski definition) is 6. The standard InChI is InChI=1S/C18H21F2N5O2S/c19-16-3-1-13(9-17(16)20)23-28(26,27)15-2-4-18(22-11-15)21-10-14-12-24-5-7-25(14)8-6-24/h1-4,9,11,14,23H,5-8,10,12H2,(H,21,22). The number of halogens is 2. The zero-order valence-electron chi connectivity index (χ0n) is 15.1. The Bertz CT molecular complexity index is 947. The molecule has 1 atom stereocenters. The van der Waals surface area contributed by atoms with E-state index in [2.05, 4.69) is 24.8 Å². The summed E-state index contributed by atoms with van der Waals surface area (Å²) in [7, 11) is -3.95. The number of fused-ring (bicyclic) bond motifs is 3. The molecule has 0 saturated carbocycles. The van der Waals surface area contributed by atoms with Crippen molar-refractivity contribution in [2.45, 2.75) is 10.9 Å². The highest BCUT2D eigenvalue weighted by Gasteiger charge is 2.31. The highest BCUT2D eigenvalue weighted by atomic mass is 32.2. The van der Waals surface area contributed by atoms with E-state index < -0.39 is 21.7 Å². The van der Waals surface area contributed by atoms with Crippen molar-refractivity contribution in [3.8, 4) is 0 Å². The summed E-state index contributed by atoms with van der Waals surface area (Å²) < 4.78 is 53.3. The molecular weight excluding hydrogens is 388 g/mol. The average Bonchev–Trinajstić information content (AvgIpc) is 2.70. The molecule has 3 aliphatic heterocycles. The second-order valence-corrected chi connectivity index (χ2v) is 8.67. The van der Waals surface area contributed by atoms with Gasteiger partial charge in [-0.3, -0.25) is 14.5 Å². The van der Waals surface area contributed by atoms with Gasteiger partial charge in [0.25, 0.3) is 10.0 Å². The number of aromatic nitrogens is 1. The molecule has 3 aliphatic rings. The van der Waals surface area contributed by atoms with Gasteiger partial charge in [-0.25, -0.2) is 22.2 Å². The first-order valence-electron chi connectivity index (χ1n) is 9.05. The topological polar surface area (TPSA) is 77.6 Å². The van der Waals surface area contributed by atoms with Gasteiger partial charge in [-0.15, -0.1) is 0 Å². The first kappa shape index (κ1) is 19.0. The first-order valence-corrected chi connectivity index (χ1v) is 10.5. The van der Waals surface area contributed by atoms with Gasteiger partial charge < -0.3 is 5.32 Å². The predicted octanol–water partition coefficient (Wildman–Crippen LogP) is 1.57. The Labute approximate surface area is 162 Å². The Hall–Kier alpha value is -2.30. The van der Waals surface area contributed by atoms with E-state index in [9.17, 15) is 17.2 Å². The first-order chi connectivity index (χ1) is 13.4. The largest absolute Gasteiger partial charge is 0.368 e. The molecule has 1 aromatic carbocycles. The normalized spacial score (nSPS) is 24.1. The molecular formula is C18H21F2N5O2S. The highest BCUT2D eigenvalue weighted by molar-refractivity contribution is 7.92. The number of pyridine rings is 1. The van der Waals surface area contributed by atoms with Crippen LogP contribution in [0.15, 0.2) is 41.4 Å². The molecule has 5 rings (SSSR count). The van der Waals surface area contributed by atoms with Gasteiger partial charge in [0, 0.05) is 57.6 Å². The lowest BCUT2D eigenvalue weighted by Crippen LogP contribution is -2.62. The van der Waals surface area contributed by atoms with E-state index in [1.165, 1.54) is 12.3 Å². The van der Waals surface area contributed by atoms with Gasteiger partial charge in [-0.2, -0.15) is 0 Å². The van der Waals surface area contributed by atoms with Crippen LogP contribution in [0.1, 0.15) is 0 Å². The molecule has 10 heteroatoms. The van der Waals surface area contributed by atoms with Crippen molar-refractivity contribution in [1.82, 2.24) is 14.8 Å². The van der Waals surface area contributed by atoms with E-state index >= 15 is 0 Å². The molecule has 1 unspecified atom stereocenters. The monoisotopic (exact) mass is 409 g/mol. The van der Waals surface area contributed by atoms with Crippen molar-refractivity contribution in [2.75, 3.05) is 49.3 Å². The van der Waals surface area contributed by atoms with Crippen molar-refractivity contribution in [1.29, 1.82) is 0 Å². The molecule has 2 N–H and O–H groups in total. The zero-order chi connectivity index (χ0) is 19.7. The molecule has 2 aromatic rings. The SMILES string of the molecule is O=S(=O)(Nc1ccc(F)c(F)c1)c1ccc(NCC2CN3CCN2CC3)nc1. The van der Waals surface area contributed by atoms with E-state index in [1.54, 1.807) is 6.07 Å². The molecule has 0 aliphatic carbocycles. The van der Waals surface area contributed by atoms with Gasteiger partial charge in [0.05, 0.1) is 5.69 Å². The van der Waals surface area contributed by atoms with Crippen molar-refractivity contribution >= 4 is 21.5 Å². The molecule has 7 nitrogen and oxygen atoms in total. The van der Waals surface area contributed by atoms with Crippen LogP contribution in [0.3, 0.4) is 0 Å². The summed E-state index contributed by atoms with van der Waals surface area (Å²) in [6.45, 7) is 6.15. The van der Waals surface area contributed by atoms with E-state index in [4.69, 9.17) is 0 Å². The Morgan fingerprint density at radius 2 is 1.86 bits per heavy atom. The Kier molecular flexibility index (Phi) is 5.17. The third-order valence-corrected chi connectivity index (χ3v) is 6.50. The van der Waals surface area contributed by atoms with Gasteiger partial charge in [-0.05, 0) is 24.3 Å². The lowest BCUT2D eigenvalue weighted by atomic mass is 10.1. The van der Waals surface area contributed by atoms with Gasteiger partial charge >= 0.3 is 0 Å². The Morgan fingerprint density at radius 3 is 2.46 bits per heavy atom. The van der Waals surface area contributed by atoms with Crippen LogP contribution in [-0.4, -0.2) is 68.5 Å². The van der Waals surface area contributed by atoms with E-state index in [0.717, 1.165) is 57.5 Å². The number of rotatable bonds is 6. The number of anilines is 2. The van der Waals surface area contributed by atoms with Crippen molar-refractivity contribution < 1.29 is 17.2 Å². The zero-order valence-corrected chi connectivity index (χ0v) is 15.9. The number of hydrogen-bond donors (Lipinski definition) is 2. The van der Waals surface area contributed by atoms with Gasteiger partial charge in [0.15, 0.2) is 11.6 Å². The van der Waals surface area contributed by atoms with Crippen LogP contribution in [0.25, 0.3) is 0 Å². The van der Waals surface area contributed by atoms with Crippen molar-refractivity contribution in [3.05, 3.63) is 48.2 Å². The Morgan fingerprint density at radius 1 is 1.07 bits per heavy atom. The van der Waals surface area contributed by atoms with Crippen LogP contribution in [0.2, 0.25) is 0 Å². The summed E-state index contributed by atoms with van der Waals surface area (Å²) in [5, 5.41) is 3.26. The summed E-state index contributed by atoms with van der Waals surface area (Å²) in [6, 6.07) is 6.25. The lowest BCUT2D eigenvalue weighted by molar-refractivity contribution is 0.0189. The number of nitrogens with one attached hydrogen (secondary N) is 2. The molecule has 3 saturated heterocycles. The fourth-order valence-electron chi connectivity index (χ4n) is 3.56. The van der Waals surface area contributed by atoms with Crippen molar-refractivity contribution in [2.24, 2.45) is 0 Å². The number of piperazine rings is 3. The molecule has 3 fully saturated rings. The molecule has 150 valence electrons. The minimum Gasteiger partial charge on any atom is -0.368 e. The minimum atomic E-state index is -3.95. The van der Waals surface area contributed by atoms with E-state index in [-0.39, 0.29) is 10.6 Å². The summed E-state index contributed by atoms with van der Waals surface area (Å²) in [5.41, 5.74) is -0.0579. The third kappa shape index (κ3) is 4.08. The van der Waals surface area contributed by atoms with E-state index in [0.29, 0.717) is 11.9 Å². The molecule has 0 radical (unpaired) electrons. The van der Waals surface area contributed by atoms with Crippen LogP contribution in [0.5, 0.6) is 0 Å². The smallest absolute Gasteiger partial charge is 0.263 e. The average molecular weight is 409 g/mol. The lowest BCUT2D eigenvalue weighted by Gasteiger charge is -2.47. The van der Waals surface area contributed by atoms with Gasteiger partial charge in [0.1, 0.15) is 10.7 Å². The third-order valence-electron chi connectivity index (χ3n) is 5.13. The molecule has 28 heavy (non-hydrogen) atoms. The maximum absolute atomic E-state index is 13.3. The van der Waals surface area contributed by atoms with E-state index in [1.807, 2.05) is 0 Å². The second kappa shape index (κ2) is 7.61. The summed E-state index contributed by atoms with van der Waals surface area (Å²) >= 11 is 0. The number of benzene rings is 1. The van der Waals surface area contributed by atoms with Crippen LogP contribution in [-0.2, 0) is 10.0 Å². The Balaban J connectivity index is 1.38. The van der Waals surface area contributed by atoms with Gasteiger partial charge in [0.2, 0.25) is 0 Å². The van der Waals surface area contributed by atoms with Crippen LogP contribution < -0.4 is 10.0 Å². The van der Waals surface area contributed by atoms with Crippen LogP contribution in [0, 0.1) is 11.6 Å². The molecule has 1 aromatic heterocycles. The molecule has 2 bridgehead atoms. The molecule has 4 heterocycles. The van der Waals surface area contributed by atoms with Crippen molar-refractivity contribution in [3.63, 3.8) is 0 Å². The fourth-order valence-corrected chi connectivity index (χ4v) is 4.55. The van der Waals surface area contributed by atoms with Gasteiger partial charge in [-0.1, -0.05) is 0 Å². The fraction of sp³-hybridized carbons (Fsp3) is 0.389. The minimum absolute atomic E-state index is 0.0579. The number of sulfonamides is 1. The number of nitrogens with zero attached hydrogens (tertiary/aromatic N) is 3. The summed E-state index contributed by atoms with van der Waals surface area (Å²) in [4.78, 5) is 9.01. The maximum atomic E-state index is 13.3. The summed E-state index contributed by atoms with van der Waals surface area (Å²) in [6.07, 6.45) is 1.24. The molecule has 0 spiro atoms. The highest BCUT2D eigenvalue weighted by Crippen LogP contribution is 2.20. The second-order valence-electron chi connectivity index (χ2n) is 6.98. The van der Waals surface area contributed by atoms with Crippen LogP contribution in [0.4, 0.5) is 20.3 Å². The maximum Gasteiger partial charge on any atom is 0.263 e. The summed E-state index contributed by atoms with van der Waals surface area (Å²) in [5.74, 6) is -1.58. The van der Waals surface area contributed by atoms with Crippen LogP contribution >= 0.6 is 0 Å².